The van der Waals surface area contributed by atoms with Gasteiger partial charge in [-0.25, -0.2) is 0 Å². The predicted octanol–water partition coefficient (Wildman–Crippen LogP) is 2.28. The minimum absolute atomic E-state index is 0. The molecule has 0 bridgehead atoms. The topological polar surface area (TPSA) is 87.1 Å². The largest absolute Gasteiger partial charge is 0.674 e. The number of carboxylic acids is 1. The molecule has 1 fully saturated rings. The van der Waals surface area contributed by atoms with Crippen molar-refractivity contribution in [1.29, 1.82) is 0 Å². The van der Waals surface area contributed by atoms with Crippen molar-refractivity contribution in [2.75, 3.05) is 0 Å². The van der Waals surface area contributed by atoms with Gasteiger partial charge in [-0.3, -0.25) is 4.79 Å². The minimum atomic E-state index is -0.755. The molecule has 97 valence electrons. The number of nitrogens with one attached hydrogen (secondary N) is 1. The molecule has 1 radical (unpaired) electrons. The number of aliphatic carboxylic acids is 1. The Morgan fingerprint density at radius 2 is 1.94 bits per heavy atom. The van der Waals surface area contributed by atoms with Crippen LogP contribution in [0.3, 0.4) is 0 Å². The van der Waals surface area contributed by atoms with Gasteiger partial charge in [-0.05, 0) is 18.8 Å². The number of carboxylic acid groups (broad SMARTS) is 1. The molecule has 0 heterocycles. The van der Waals surface area contributed by atoms with Gasteiger partial charge in [0.05, 0.1) is 5.92 Å². The summed E-state index contributed by atoms with van der Waals surface area (Å²) < 4.78 is 0. The van der Waals surface area contributed by atoms with Gasteiger partial charge in [0, 0.05) is 50.1 Å². The summed E-state index contributed by atoms with van der Waals surface area (Å²) in [5.74, 6) is -0.675. The Morgan fingerprint density at radius 3 is 2.29 bits per heavy atom. The van der Waals surface area contributed by atoms with E-state index in [1.54, 1.807) is 0 Å². The van der Waals surface area contributed by atoms with E-state index in [9.17, 15) is 4.79 Å². The van der Waals surface area contributed by atoms with Crippen LogP contribution in [0.15, 0.2) is 0 Å². The summed E-state index contributed by atoms with van der Waals surface area (Å²) in [6.45, 7) is 4.18. The second-order valence-corrected chi connectivity index (χ2v) is 4.94. The van der Waals surface area contributed by atoms with E-state index >= 15 is 0 Å². The van der Waals surface area contributed by atoms with Crippen LogP contribution in [0.2, 0.25) is 0 Å². The molecule has 5 heteroatoms. The molecule has 1 saturated carbocycles. The SMILES string of the molecule is CCC(CC)C([NH-])[C@@H]1C[C@@H](C(=O)O)C[C@H]1N.[Ac]. The summed E-state index contributed by atoms with van der Waals surface area (Å²) in [7, 11) is 0. The molecular weight excluding hydrogens is 431 g/mol. The van der Waals surface area contributed by atoms with Crippen molar-refractivity contribution in [1.82, 2.24) is 0 Å². The van der Waals surface area contributed by atoms with Crippen molar-refractivity contribution < 1.29 is 54.0 Å². The van der Waals surface area contributed by atoms with Crippen molar-refractivity contribution >= 4 is 5.97 Å². The predicted molar refractivity (Wildman–Crippen MR) is 64.0 cm³/mol. The molecule has 0 aliphatic heterocycles. The molecule has 0 saturated heterocycles. The minimum Gasteiger partial charge on any atom is -0.674 e. The molecule has 0 aromatic rings. The third-order valence-electron chi connectivity index (χ3n) is 4.03. The van der Waals surface area contributed by atoms with Gasteiger partial charge in [0.15, 0.2) is 0 Å². The van der Waals surface area contributed by atoms with Crippen LogP contribution in [0.25, 0.3) is 5.73 Å². The summed E-state index contributed by atoms with van der Waals surface area (Å²) >= 11 is 0. The Hall–Kier alpha value is 0.832. The van der Waals surface area contributed by atoms with Crippen LogP contribution in [0, 0.1) is 61.8 Å². The van der Waals surface area contributed by atoms with Crippen molar-refractivity contribution in [3.8, 4) is 0 Å². The summed E-state index contributed by atoms with van der Waals surface area (Å²) in [6.07, 6.45) is 3.08. The molecule has 4 N–H and O–H groups in total. The average molecular weight is 454 g/mol. The van der Waals surface area contributed by atoms with Gasteiger partial charge in [-0.1, -0.05) is 32.6 Å². The smallest absolute Gasteiger partial charge is 0.306 e. The first-order valence-electron chi connectivity index (χ1n) is 6.20. The standard InChI is InChI=1S/C12H23N2O2.Ac/c1-3-7(4-2)11(14)9-5-8(12(15)16)6-10(9)13;/h7-11,14H,3-6,13H2,1-2H3,(H,15,16);/q-1;/t8-,9-,10-,11?;/m1./s1. The van der Waals surface area contributed by atoms with Crippen molar-refractivity contribution in [2.24, 2.45) is 23.5 Å². The van der Waals surface area contributed by atoms with E-state index in [4.69, 9.17) is 16.6 Å². The van der Waals surface area contributed by atoms with E-state index in [1.807, 2.05) is 0 Å². The van der Waals surface area contributed by atoms with E-state index < -0.39 is 5.97 Å². The fourth-order valence-electron chi connectivity index (χ4n) is 2.86. The molecule has 17 heavy (non-hydrogen) atoms. The Bertz CT molecular complexity index is 247. The molecule has 1 unspecified atom stereocenters. The Kier molecular flexibility index (Phi) is 8.49. The zero-order valence-corrected chi connectivity index (χ0v) is 15.5. The summed E-state index contributed by atoms with van der Waals surface area (Å²) in [6, 6.07) is -0.307. The molecule has 4 nitrogen and oxygen atoms in total. The zero-order chi connectivity index (χ0) is 12.3. The Balaban J connectivity index is 0.00000256. The molecule has 4 atom stereocenters. The second kappa shape index (κ2) is 8.09. The monoisotopic (exact) mass is 454 g/mol. The maximum atomic E-state index is 10.9. The van der Waals surface area contributed by atoms with Crippen molar-refractivity contribution in [3.63, 3.8) is 0 Å². The molecule has 1 aliphatic rings. The first-order valence-corrected chi connectivity index (χ1v) is 6.20. The number of hydrogen-bond donors (Lipinski definition) is 2. The molecule has 0 spiro atoms. The maximum absolute atomic E-state index is 10.9. The number of carbonyl (C=O) groups is 1. The molecule has 0 amide bonds. The van der Waals surface area contributed by atoms with Gasteiger partial charge in [-0.2, -0.15) is 0 Å². The quantitative estimate of drug-likeness (QED) is 0.669. The van der Waals surface area contributed by atoms with Gasteiger partial charge in [0.2, 0.25) is 0 Å². The van der Waals surface area contributed by atoms with Crippen LogP contribution in [-0.4, -0.2) is 23.2 Å². The molecular formula is C12H23AcN2O2-. The molecule has 1 aliphatic carbocycles. The maximum Gasteiger partial charge on any atom is 0.306 e. The first-order chi connectivity index (χ1) is 7.51. The van der Waals surface area contributed by atoms with E-state index in [0.29, 0.717) is 18.8 Å². The van der Waals surface area contributed by atoms with Crippen LogP contribution >= 0.6 is 0 Å². The van der Waals surface area contributed by atoms with Gasteiger partial charge in [0.1, 0.15) is 0 Å². The van der Waals surface area contributed by atoms with Crippen molar-refractivity contribution in [2.45, 2.75) is 51.6 Å². The Morgan fingerprint density at radius 1 is 1.41 bits per heavy atom. The molecule has 0 aromatic heterocycles. The van der Waals surface area contributed by atoms with Gasteiger partial charge < -0.3 is 16.6 Å². The second-order valence-electron chi connectivity index (χ2n) is 4.94. The van der Waals surface area contributed by atoms with Crippen LogP contribution in [0.5, 0.6) is 0 Å². The van der Waals surface area contributed by atoms with Crippen molar-refractivity contribution in [3.05, 3.63) is 5.73 Å². The van der Waals surface area contributed by atoms with Crippen LogP contribution in [0.1, 0.15) is 39.5 Å². The fourth-order valence-corrected chi connectivity index (χ4v) is 2.86. The summed E-state index contributed by atoms with van der Waals surface area (Å²) in [5.41, 5.74) is 14.2. The van der Waals surface area contributed by atoms with E-state index in [2.05, 4.69) is 13.8 Å². The number of hydrogen-bond acceptors (Lipinski definition) is 2. The number of rotatable bonds is 5. The van der Waals surface area contributed by atoms with Gasteiger partial charge in [-0.15, -0.1) is 6.04 Å². The first kappa shape index (κ1) is 17.8. The van der Waals surface area contributed by atoms with E-state index in [1.165, 1.54) is 0 Å². The zero-order valence-electron chi connectivity index (χ0n) is 10.7. The van der Waals surface area contributed by atoms with Gasteiger partial charge in [0.25, 0.3) is 0 Å². The third kappa shape index (κ3) is 4.45. The van der Waals surface area contributed by atoms with Crippen LogP contribution < -0.4 is 5.73 Å². The fraction of sp³-hybridized carbons (Fsp3) is 0.917. The van der Waals surface area contributed by atoms with E-state index in [0.717, 1.165) is 12.8 Å². The third-order valence-corrected chi connectivity index (χ3v) is 4.03. The summed E-state index contributed by atoms with van der Waals surface area (Å²) in [4.78, 5) is 10.9. The normalized spacial score (nSPS) is 30.1. The van der Waals surface area contributed by atoms with Gasteiger partial charge >= 0.3 is 5.97 Å². The van der Waals surface area contributed by atoms with Crippen LogP contribution in [0.4, 0.5) is 0 Å². The average Bonchev–Trinajstić information content (AvgIpc) is 2.62. The summed E-state index contributed by atoms with van der Waals surface area (Å²) in [5, 5.41) is 8.97. The molecule has 0 aromatic carbocycles. The Labute approximate surface area is 139 Å². The van der Waals surface area contributed by atoms with E-state index in [-0.39, 0.29) is 68.0 Å². The van der Waals surface area contributed by atoms with Crippen LogP contribution in [-0.2, 0) is 4.79 Å². The number of nitrogens with two attached hydrogens (primary N) is 1. The molecule has 1 rings (SSSR count).